The standard InChI is InChI=1S/C14H13OPS/c1-9(2)13(15)12-8-11(14(16)17-12)10-6-4-3-5-7-10/h3-8H,1,16H2,2H3. The summed E-state index contributed by atoms with van der Waals surface area (Å²) in [6, 6.07) is 12.0. The maximum Gasteiger partial charge on any atom is 0.198 e. The van der Waals surface area contributed by atoms with Crippen LogP contribution >= 0.6 is 20.6 Å². The lowest BCUT2D eigenvalue weighted by molar-refractivity contribution is 0.103. The quantitative estimate of drug-likeness (QED) is 0.467. The molecule has 3 heteroatoms. The van der Waals surface area contributed by atoms with Gasteiger partial charge in [0.15, 0.2) is 5.78 Å². The summed E-state index contributed by atoms with van der Waals surface area (Å²) in [5, 5.41) is 0. The number of hydrogen-bond acceptors (Lipinski definition) is 2. The summed E-state index contributed by atoms with van der Waals surface area (Å²) < 4.78 is 1.08. The lowest BCUT2D eigenvalue weighted by atomic mass is 10.1. The van der Waals surface area contributed by atoms with Crippen LogP contribution in [0.4, 0.5) is 0 Å². The number of hydrogen-bond donors (Lipinski definition) is 0. The highest BCUT2D eigenvalue weighted by atomic mass is 32.1. The van der Waals surface area contributed by atoms with Crippen molar-refractivity contribution in [2.24, 2.45) is 0 Å². The zero-order valence-corrected chi connectivity index (χ0v) is 11.5. The third-order valence-corrected chi connectivity index (χ3v) is 4.08. The Labute approximate surface area is 107 Å². The second-order valence-electron chi connectivity index (χ2n) is 3.86. The van der Waals surface area contributed by atoms with Gasteiger partial charge in [0.1, 0.15) is 0 Å². The molecule has 0 aliphatic rings. The first-order valence-electron chi connectivity index (χ1n) is 5.24. The molecule has 1 aromatic carbocycles. The zero-order chi connectivity index (χ0) is 12.4. The molecule has 17 heavy (non-hydrogen) atoms. The van der Waals surface area contributed by atoms with E-state index in [9.17, 15) is 4.79 Å². The summed E-state index contributed by atoms with van der Waals surface area (Å²) in [6.07, 6.45) is 0. The van der Waals surface area contributed by atoms with Crippen molar-refractivity contribution in [2.75, 3.05) is 0 Å². The van der Waals surface area contributed by atoms with Crippen LogP contribution in [0.1, 0.15) is 16.6 Å². The number of Topliss-reactive ketones (excluding diaryl/α,β-unsaturated/α-hetero) is 1. The van der Waals surface area contributed by atoms with Crippen LogP contribution in [0.15, 0.2) is 48.6 Å². The van der Waals surface area contributed by atoms with E-state index in [1.54, 1.807) is 6.92 Å². The molecule has 0 bridgehead atoms. The Balaban J connectivity index is 2.45. The lowest BCUT2D eigenvalue weighted by Gasteiger charge is -1.97. The summed E-state index contributed by atoms with van der Waals surface area (Å²) in [6.45, 7) is 5.44. The number of carbonyl (C=O) groups is 1. The number of benzene rings is 1. The van der Waals surface area contributed by atoms with E-state index in [4.69, 9.17) is 0 Å². The van der Waals surface area contributed by atoms with Gasteiger partial charge in [0.2, 0.25) is 0 Å². The molecule has 0 saturated carbocycles. The largest absolute Gasteiger partial charge is 0.288 e. The second-order valence-corrected chi connectivity index (χ2v) is 5.94. The van der Waals surface area contributed by atoms with Gasteiger partial charge >= 0.3 is 0 Å². The highest BCUT2D eigenvalue weighted by Crippen LogP contribution is 2.26. The van der Waals surface area contributed by atoms with Crippen molar-refractivity contribution in [3.63, 3.8) is 0 Å². The molecule has 1 atom stereocenters. The van der Waals surface area contributed by atoms with E-state index in [1.807, 2.05) is 36.4 Å². The lowest BCUT2D eigenvalue weighted by Crippen LogP contribution is -1.95. The monoisotopic (exact) mass is 260 g/mol. The molecule has 0 N–H and O–H groups in total. The second kappa shape index (κ2) is 4.95. The van der Waals surface area contributed by atoms with Crippen LogP contribution in [0.25, 0.3) is 11.1 Å². The van der Waals surface area contributed by atoms with E-state index >= 15 is 0 Å². The first-order valence-corrected chi connectivity index (χ1v) is 6.64. The summed E-state index contributed by atoms with van der Waals surface area (Å²) in [5.41, 5.74) is 2.82. The molecular weight excluding hydrogens is 247 g/mol. The van der Waals surface area contributed by atoms with Crippen molar-refractivity contribution >= 4 is 31.0 Å². The van der Waals surface area contributed by atoms with Crippen molar-refractivity contribution in [1.82, 2.24) is 0 Å². The van der Waals surface area contributed by atoms with Crippen molar-refractivity contribution < 1.29 is 4.79 Å². The molecule has 1 aromatic heterocycles. The average molecular weight is 260 g/mol. The smallest absolute Gasteiger partial charge is 0.198 e. The van der Waals surface area contributed by atoms with Gasteiger partial charge in [-0.15, -0.1) is 11.3 Å². The van der Waals surface area contributed by atoms with Crippen molar-refractivity contribution in [3.05, 3.63) is 53.4 Å². The van der Waals surface area contributed by atoms with Crippen LogP contribution in [0.2, 0.25) is 0 Å². The van der Waals surface area contributed by atoms with E-state index in [0.29, 0.717) is 5.57 Å². The Hall–Kier alpha value is -1.24. The van der Waals surface area contributed by atoms with E-state index in [1.165, 1.54) is 11.3 Å². The summed E-state index contributed by atoms with van der Waals surface area (Å²) >= 11 is 1.50. The molecule has 2 aromatic rings. The van der Waals surface area contributed by atoms with E-state index in [0.717, 1.165) is 20.6 Å². The van der Waals surface area contributed by atoms with Gasteiger partial charge < -0.3 is 0 Å². The van der Waals surface area contributed by atoms with Gasteiger partial charge in [-0.1, -0.05) is 46.2 Å². The maximum absolute atomic E-state index is 11.8. The summed E-state index contributed by atoms with van der Waals surface area (Å²) in [7, 11) is 2.69. The van der Waals surface area contributed by atoms with Gasteiger partial charge in [-0.25, -0.2) is 0 Å². The van der Waals surface area contributed by atoms with Gasteiger partial charge in [-0.05, 0) is 24.1 Å². The SMILES string of the molecule is C=C(C)C(=O)c1cc(-c2ccccc2)c(P)s1. The Morgan fingerprint density at radius 1 is 1.29 bits per heavy atom. The average Bonchev–Trinajstić information content (AvgIpc) is 2.71. The highest BCUT2D eigenvalue weighted by Gasteiger charge is 2.13. The van der Waals surface area contributed by atoms with Crippen LogP contribution < -0.4 is 4.62 Å². The molecule has 0 spiro atoms. The Morgan fingerprint density at radius 3 is 2.53 bits per heavy atom. The van der Waals surface area contributed by atoms with Gasteiger partial charge in [0.25, 0.3) is 0 Å². The van der Waals surface area contributed by atoms with Crippen LogP contribution in [0.3, 0.4) is 0 Å². The Morgan fingerprint density at radius 2 is 1.94 bits per heavy atom. The molecule has 1 nitrogen and oxygen atoms in total. The molecular formula is C14H13OPS. The molecule has 0 aliphatic carbocycles. The molecule has 0 fully saturated rings. The van der Waals surface area contributed by atoms with Crippen LogP contribution in [0, 0.1) is 0 Å². The molecule has 1 heterocycles. The number of carbonyl (C=O) groups excluding carboxylic acids is 1. The minimum absolute atomic E-state index is 0.0286. The highest BCUT2D eigenvalue weighted by molar-refractivity contribution is 7.44. The van der Waals surface area contributed by atoms with E-state index < -0.39 is 0 Å². The van der Waals surface area contributed by atoms with Gasteiger partial charge in [-0.2, -0.15) is 0 Å². The van der Waals surface area contributed by atoms with Crippen molar-refractivity contribution in [3.8, 4) is 11.1 Å². The molecule has 0 aliphatic heterocycles. The fourth-order valence-corrected chi connectivity index (χ4v) is 3.17. The predicted molar refractivity (Wildman–Crippen MR) is 78.2 cm³/mol. The minimum atomic E-state index is 0.0286. The molecule has 1 unspecified atom stereocenters. The molecule has 2 rings (SSSR count). The molecule has 0 radical (unpaired) electrons. The maximum atomic E-state index is 11.8. The first-order chi connectivity index (χ1) is 8.09. The molecule has 0 saturated heterocycles. The molecule has 86 valence electrons. The summed E-state index contributed by atoms with van der Waals surface area (Å²) in [5.74, 6) is 0.0286. The fraction of sp³-hybridized carbons (Fsp3) is 0.0714. The number of thiophene rings is 1. The van der Waals surface area contributed by atoms with Gasteiger partial charge in [-0.3, -0.25) is 4.79 Å². The van der Waals surface area contributed by atoms with Crippen LogP contribution in [0.5, 0.6) is 0 Å². The van der Waals surface area contributed by atoms with Gasteiger partial charge in [0.05, 0.1) is 4.88 Å². The third-order valence-electron chi connectivity index (χ3n) is 2.46. The summed E-state index contributed by atoms with van der Waals surface area (Å²) in [4.78, 5) is 12.6. The zero-order valence-electron chi connectivity index (χ0n) is 9.57. The third kappa shape index (κ3) is 2.54. The van der Waals surface area contributed by atoms with Crippen LogP contribution in [-0.2, 0) is 0 Å². The molecule has 0 amide bonds. The Bertz CT molecular complexity index is 569. The minimum Gasteiger partial charge on any atom is -0.288 e. The van der Waals surface area contributed by atoms with Crippen molar-refractivity contribution in [1.29, 1.82) is 0 Å². The predicted octanol–water partition coefficient (Wildman–Crippen LogP) is 3.67. The van der Waals surface area contributed by atoms with Crippen LogP contribution in [-0.4, -0.2) is 5.78 Å². The number of rotatable bonds is 3. The normalized spacial score (nSPS) is 10.2. The van der Waals surface area contributed by atoms with E-state index in [-0.39, 0.29) is 5.78 Å². The number of allylic oxidation sites excluding steroid dienone is 1. The fourth-order valence-electron chi connectivity index (χ4n) is 1.57. The van der Waals surface area contributed by atoms with E-state index in [2.05, 4.69) is 15.8 Å². The number of ketones is 1. The first kappa shape index (κ1) is 12.2. The van der Waals surface area contributed by atoms with Crippen molar-refractivity contribution in [2.45, 2.75) is 6.92 Å². The topological polar surface area (TPSA) is 17.1 Å². The van der Waals surface area contributed by atoms with Gasteiger partial charge in [0, 0.05) is 10.2 Å². The Kier molecular flexibility index (Phi) is 3.56.